The number of amides is 1. The number of aliphatic hydroxyl groups is 1. The molecule has 0 radical (unpaired) electrons. The number of carbonyl (C=O) groups is 1. The minimum Gasteiger partial charge on any atom is -0.391 e. The molecule has 0 rings (SSSR count). The van der Waals surface area contributed by atoms with Gasteiger partial charge < -0.3 is 10.4 Å². The second-order valence-electron chi connectivity index (χ2n) is 13.9. The zero-order valence-corrected chi connectivity index (χ0v) is 31.3. The predicted octanol–water partition coefficient (Wildman–Crippen LogP) is 11.4. The molecule has 0 spiro atoms. The van der Waals surface area contributed by atoms with Crippen molar-refractivity contribution in [2.75, 3.05) is 5.75 Å². The van der Waals surface area contributed by atoms with Gasteiger partial charge in [-0.1, -0.05) is 180 Å². The molecule has 0 bridgehead atoms. The molecular formula is C39H77NO5S. The standard InChI is InChI=1S/C39H77NO5S/c1-3-5-7-9-11-13-15-17-18-19-20-21-22-23-24-26-28-30-32-34-38(41)37(36-46(43,44)45)40-39(42)35-33-31-29-27-25-16-14-12-10-8-6-4-2/h12,14,37-38,41H,3-11,13,15-36H2,1-2H3,(H,40,42)(H,43,44,45)/b14-12-. The molecule has 274 valence electrons. The van der Waals surface area contributed by atoms with E-state index in [9.17, 15) is 22.9 Å². The van der Waals surface area contributed by atoms with Gasteiger partial charge in [0.05, 0.1) is 17.9 Å². The molecule has 0 aliphatic heterocycles. The molecule has 7 heteroatoms. The Morgan fingerprint density at radius 3 is 1.35 bits per heavy atom. The lowest BCUT2D eigenvalue weighted by molar-refractivity contribution is -0.122. The van der Waals surface area contributed by atoms with E-state index < -0.39 is 28.0 Å². The number of carbonyl (C=O) groups excluding carboxylic acids is 1. The average molecular weight is 672 g/mol. The number of hydrogen-bond acceptors (Lipinski definition) is 4. The van der Waals surface area contributed by atoms with E-state index >= 15 is 0 Å². The van der Waals surface area contributed by atoms with E-state index in [-0.39, 0.29) is 5.91 Å². The average Bonchev–Trinajstić information content (AvgIpc) is 3.01. The Labute approximate surface area is 286 Å². The number of rotatable bonds is 36. The zero-order chi connectivity index (χ0) is 34.0. The molecule has 0 aliphatic carbocycles. The molecule has 0 aromatic heterocycles. The molecule has 2 atom stereocenters. The first kappa shape index (κ1) is 45.1. The van der Waals surface area contributed by atoms with E-state index in [0.29, 0.717) is 12.8 Å². The van der Waals surface area contributed by atoms with Gasteiger partial charge in [0.15, 0.2) is 0 Å². The highest BCUT2D eigenvalue weighted by Gasteiger charge is 2.26. The highest BCUT2D eigenvalue weighted by Crippen LogP contribution is 2.16. The van der Waals surface area contributed by atoms with E-state index in [1.807, 2.05) is 0 Å². The number of hydrogen-bond donors (Lipinski definition) is 3. The third-order valence-electron chi connectivity index (χ3n) is 9.22. The third kappa shape index (κ3) is 34.4. The van der Waals surface area contributed by atoms with Crippen molar-refractivity contribution in [3.63, 3.8) is 0 Å². The molecule has 2 unspecified atom stereocenters. The van der Waals surface area contributed by atoms with Crippen molar-refractivity contribution in [1.29, 1.82) is 0 Å². The number of nitrogens with one attached hydrogen (secondary N) is 1. The normalized spacial score (nSPS) is 13.4. The minimum atomic E-state index is -4.31. The van der Waals surface area contributed by atoms with Gasteiger partial charge in [-0.15, -0.1) is 0 Å². The Kier molecular flexibility index (Phi) is 33.3. The topological polar surface area (TPSA) is 104 Å². The van der Waals surface area contributed by atoms with Crippen LogP contribution in [0.25, 0.3) is 0 Å². The summed E-state index contributed by atoms with van der Waals surface area (Å²) in [5, 5.41) is 13.3. The first-order chi connectivity index (χ1) is 22.3. The van der Waals surface area contributed by atoms with Gasteiger partial charge in [0.25, 0.3) is 10.1 Å². The molecule has 46 heavy (non-hydrogen) atoms. The SMILES string of the molecule is CCCCC/C=C\CCCCCCCC(=O)NC(CS(=O)(=O)O)C(O)CCCCCCCCCCCCCCCCCCCCC. The molecule has 0 aromatic carbocycles. The second-order valence-corrected chi connectivity index (χ2v) is 15.4. The lowest BCUT2D eigenvalue weighted by Crippen LogP contribution is -2.47. The summed E-state index contributed by atoms with van der Waals surface area (Å²) in [4.78, 5) is 12.5. The molecule has 0 saturated heterocycles. The van der Waals surface area contributed by atoms with E-state index in [0.717, 1.165) is 51.4 Å². The van der Waals surface area contributed by atoms with Crippen LogP contribution in [0.5, 0.6) is 0 Å². The van der Waals surface area contributed by atoms with E-state index in [2.05, 4.69) is 31.3 Å². The molecule has 0 aliphatic rings. The van der Waals surface area contributed by atoms with Gasteiger partial charge in [-0.05, 0) is 38.5 Å². The smallest absolute Gasteiger partial charge is 0.266 e. The summed E-state index contributed by atoms with van der Waals surface area (Å²) >= 11 is 0. The summed E-state index contributed by atoms with van der Waals surface area (Å²) in [5.74, 6) is -0.902. The van der Waals surface area contributed by atoms with Gasteiger partial charge in [-0.2, -0.15) is 8.42 Å². The Hall–Kier alpha value is -0.920. The summed E-state index contributed by atoms with van der Waals surface area (Å²) in [6.07, 6.45) is 40.2. The monoisotopic (exact) mass is 672 g/mol. The summed E-state index contributed by atoms with van der Waals surface area (Å²) in [6, 6.07) is -0.970. The van der Waals surface area contributed by atoms with Crippen LogP contribution in [0.15, 0.2) is 12.2 Å². The third-order valence-corrected chi connectivity index (χ3v) is 10.0. The molecule has 1 amide bonds. The summed E-state index contributed by atoms with van der Waals surface area (Å²) < 4.78 is 32.5. The Balaban J connectivity index is 3.83. The zero-order valence-electron chi connectivity index (χ0n) is 30.5. The van der Waals surface area contributed by atoms with Crippen LogP contribution in [-0.4, -0.2) is 41.9 Å². The van der Waals surface area contributed by atoms with Crippen LogP contribution in [0.4, 0.5) is 0 Å². The molecule has 3 N–H and O–H groups in total. The number of unbranched alkanes of at least 4 members (excludes halogenated alkanes) is 26. The fourth-order valence-corrected chi connectivity index (χ4v) is 6.97. The number of allylic oxidation sites excluding steroid dienone is 2. The Morgan fingerprint density at radius 1 is 0.565 bits per heavy atom. The maximum absolute atomic E-state index is 12.5. The molecule has 0 saturated carbocycles. The second kappa shape index (κ2) is 34.0. The van der Waals surface area contributed by atoms with Gasteiger partial charge in [0, 0.05) is 6.42 Å². The summed E-state index contributed by atoms with van der Waals surface area (Å²) in [6.45, 7) is 4.49. The van der Waals surface area contributed by atoms with Crippen molar-refractivity contribution in [3.05, 3.63) is 12.2 Å². The van der Waals surface area contributed by atoms with Crippen LogP contribution < -0.4 is 5.32 Å². The largest absolute Gasteiger partial charge is 0.391 e. The van der Waals surface area contributed by atoms with Crippen molar-refractivity contribution in [3.8, 4) is 0 Å². The van der Waals surface area contributed by atoms with Crippen molar-refractivity contribution in [2.45, 2.75) is 225 Å². The van der Waals surface area contributed by atoms with Gasteiger partial charge in [-0.3, -0.25) is 9.35 Å². The molecular weight excluding hydrogens is 594 g/mol. The summed E-state index contributed by atoms with van der Waals surface area (Å²) in [7, 11) is -4.31. The van der Waals surface area contributed by atoms with Crippen LogP contribution in [0.1, 0.15) is 213 Å². The fourth-order valence-electron chi connectivity index (χ4n) is 6.21. The van der Waals surface area contributed by atoms with E-state index in [1.165, 1.54) is 135 Å². The van der Waals surface area contributed by atoms with Crippen molar-refractivity contribution in [2.24, 2.45) is 0 Å². The first-order valence-electron chi connectivity index (χ1n) is 19.9. The van der Waals surface area contributed by atoms with Crippen molar-refractivity contribution >= 4 is 16.0 Å². The van der Waals surface area contributed by atoms with Gasteiger partial charge in [0.1, 0.15) is 0 Å². The lowest BCUT2D eigenvalue weighted by Gasteiger charge is -2.23. The fraction of sp³-hybridized carbons (Fsp3) is 0.923. The molecule has 0 heterocycles. The van der Waals surface area contributed by atoms with Crippen LogP contribution in [0, 0.1) is 0 Å². The van der Waals surface area contributed by atoms with Crippen molar-refractivity contribution in [1.82, 2.24) is 5.32 Å². The van der Waals surface area contributed by atoms with Gasteiger partial charge in [-0.25, -0.2) is 0 Å². The summed E-state index contributed by atoms with van der Waals surface area (Å²) in [5.41, 5.74) is 0. The maximum Gasteiger partial charge on any atom is 0.266 e. The quantitative estimate of drug-likeness (QED) is 0.0349. The van der Waals surface area contributed by atoms with Crippen LogP contribution >= 0.6 is 0 Å². The first-order valence-corrected chi connectivity index (χ1v) is 21.5. The highest BCUT2D eigenvalue weighted by atomic mass is 32.2. The van der Waals surface area contributed by atoms with Crippen LogP contribution in [0.2, 0.25) is 0 Å². The predicted molar refractivity (Wildman–Crippen MR) is 198 cm³/mol. The highest BCUT2D eigenvalue weighted by molar-refractivity contribution is 7.85. The Morgan fingerprint density at radius 2 is 0.913 bits per heavy atom. The molecule has 0 fully saturated rings. The lowest BCUT2D eigenvalue weighted by atomic mass is 10.0. The van der Waals surface area contributed by atoms with Crippen LogP contribution in [0.3, 0.4) is 0 Å². The van der Waals surface area contributed by atoms with E-state index in [4.69, 9.17) is 0 Å². The Bertz CT molecular complexity index is 785. The van der Waals surface area contributed by atoms with Gasteiger partial charge >= 0.3 is 0 Å². The molecule has 0 aromatic rings. The van der Waals surface area contributed by atoms with Gasteiger partial charge in [0.2, 0.25) is 5.91 Å². The molecule has 6 nitrogen and oxygen atoms in total. The number of aliphatic hydroxyl groups excluding tert-OH is 1. The van der Waals surface area contributed by atoms with Crippen LogP contribution in [-0.2, 0) is 14.9 Å². The minimum absolute atomic E-state index is 0.254. The van der Waals surface area contributed by atoms with E-state index in [1.54, 1.807) is 0 Å². The maximum atomic E-state index is 12.5. The van der Waals surface area contributed by atoms with Crippen molar-refractivity contribution < 1.29 is 22.9 Å².